The summed E-state index contributed by atoms with van der Waals surface area (Å²) in [5.41, 5.74) is -0.778. The Morgan fingerprint density at radius 1 is 1.47 bits per heavy atom. The van der Waals surface area contributed by atoms with E-state index in [1.807, 2.05) is 0 Å². The molecule has 1 N–H and O–H groups in total. The predicted octanol–water partition coefficient (Wildman–Crippen LogP) is 2.00. The van der Waals surface area contributed by atoms with Crippen LogP contribution in [0.2, 0.25) is 0 Å². The maximum absolute atomic E-state index is 12.1. The summed E-state index contributed by atoms with van der Waals surface area (Å²) in [4.78, 5) is 14.5. The van der Waals surface area contributed by atoms with E-state index in [2.05, 4.69) is 14.5 Å². The van der Waals surface area contributed by atoms with E-state index in [1.165, 1.54) is 14.0 Å². The highest BCUT2D eigenvalue weighted by Gasteiger charge is 2.34. The minimum absolute atomic E-state index is 0.129. The van der Waals surface area contributed by atoms with Crippen molar-refractivity contribution in [1.29, 1.82) is 0 Å². The van der Waals surface area contributed by atoms with Crippen molar-refractivity contribution in [1.82, 2.24) is 4.98 Å². The fourth-order valence-corrected chi connectivity index (χ4v) is 1.19. The summed E-state index contributed by atoms with van der Waals surface area (Å²) >= 11 is 0. The third kappa shape index (κ3) is 3.23. The maximum atomic E-state index is 12.1. The van der Waals surface area contributed by atoms with E-state index in [0.29, 0.717) is 0 Å². The number of carboxylic acid groups (broad SMARTS) is 1. The molecule has 0 bridgehead atoms. The van der Waals surface area contributed by atoms with Gasteiger partial charge in [-0.05, 0) is 6.92 Å². The van der Waals surface area contributed by atoms with Gasteiger partial charge in [0.15, 0.2) is 5.75 Å². The molecule has 1 aromatic heterocycles. The number of pyridine rings is 1. The molecule has 0 spiro atoms. The molecule has 0 saturated heterocycles. The van der Waals surface area contributed by atoms with E-state index >= 15 is 0 Å². The predicted molar refractivity (Wildman–Crippen MR) is 49.2 cm³/mol. The van der Waals surface area contributed by atoms with Crippen LogP contribution in [0, 0.1) is 6.92 Å². The third-order valence-electron chi connectivity index (χ3n) is 1.79. The van der Waals surface area contributed by atoms with Gasteiger partial charge in [-0.3, -0.25) is 0 Å². The quantitative estimate of drug-likeness (QED) is 0.889. The summed E-state index contributed by atoms with van der Waals surface area (Å²) < 4.78 is 44.5. The number of aromatic nitrogens is 1. The lowest BCUT2D eigenvalue weighted by atomic mass is 10.2. The number of methoxy groups -OCH3 is 1. The van der Waals surface area contributed by atoms with Gasteiger partial charge in [0, 0.05) is 6.07 Å². The number of hydrogen-bond donors (Lipinski definition) is 1. The molecule has 0 amide bonds. The summed E-state index contributed by atoms with van der Waals surface area (Å²) in [5, 5.41) is 8.78. The van der Waals surface area contributed by atoms with Gasteiger partial charge in [0.05, 0.1) is 12.8 Å². The second-order valence-electron chi connectivity index (χ2n) is 2.98. The molecule has 0 atom stereocenters. The van der Waals surface area contributed by atoms with Crippen LogP contribution in [0.15, 0.2) is 6.07 Å². The van der Waals surface area contributed by atoms with Gasteiger partial charge in [-0.25, -0.2) is 9.78 Å². The second kappa shape index (κ2) is 4.48. The number of hydrogen-bond acceptors (Lipinski definition) is 4. The Morgan fingerprint density at radius 3 is 2.47 bits per heavy atom. The van der Waals surface area contributed by atoms with Crippen LogP contribution in [-0.4, -0.2) is 29.5 Å². The average Bonchev–Trinajstić information content (AvgIpc) is 2.13. The first-order chi connectivity index (χ1) is 7.74. The average molecular weight is 251 g/mol. The van der Waals surface area contributed by atoms with Crippen LogP contribution in [0.1, 0.15) is 16.1 Å². The molecule has 1 heterocycles. The van der Waals surface area contributed by atoms with Crippen molar-refractivity contribution in [2.75, 3.05) is 7.11 Å². The topological polar surface area (TPSA) is 68.7 Å². The van der Waals surface area contributed by atoms with E-state index in [-0.39, 0.29) is 11.6 Å². The largest absolute Gasteiger partial charge is 0.573 e. The van der Waals surface area contributed by atoms with Crippen molar-refractivity contribution in [3.63, 3.8) is 0 Å². The standard InChI is InChI=1S/C9H8F3NO4/c1-4-7(8(14)15)5(17-9(10,11)12)3-6(13-4)16-2/h3H,1-2H3,(H,14,15). The van der Waals surface area contributed by atoms with Gasteiger partial charge in [0.25, 0.3) is 0 Å². The minimum Gasteiger partial charge on any atom is -0.481 e. The third-order valence-corrected chi connectivity index (χ3v) is 1.79. The van der Waals surface area contributed by atoms with E-state index in [1.54, 1.807) is 0 Å². The van der Waals surface area contributed by atoms with Crippen molar-refractivity contribution in [2.45, 2.75) is 13.3 Å². The highest BCUT2D eigenvalue weighted by atomic mass is 19.4. The van der Waals surface area contributed by atoms with Gasteiger partial charge in [0.2, 0.25) is 5.88 Å². The summed E-state index contributed by atoms with van der Waals surface area (Å²) in [5.74, 6) is -2.57. The molecule has 94 valence electrons. The Hall–Kier alpha value is -1.99. The zero-order chi connectivity index (χ0) is 13.2. The van der Waals surface area contributed by atoms with Crippen LogP contribution in [0.5, 0.6) is 11.6 Å². The van der Waals surface area contributed by atoms with Crippen molar-refractivity contribution >= 4 is 5.97 Å². The normalized spacial score (nSPS) is 11.1. The van der Waals surface area contributed by atoms with Gasteiger partial charge in [-0.2, -0.15) is 0 Å². The lowest BCUT2D eigenvalue weighted by Gasteiger charge is -2.13. The molecule has 0 aliphatic heterocycles. The number of carboxylic acids is 1. The molecule has 0 aliphatic carbocycles. The van der Waals surface area contributed by atoms with Crippen LogP contribution in [-0.2, 0) is 0 Å². The molecule has 0 radical (unpaired) electrons. The van der Waals surface area contributed by atoms with Gasteiger partial charge >= 0.3 is 12.3 Å². The number of rotatable bonds is 3. The molecule has 0 fully saturated rings. The van der Waals surface area contributed by atoms with Gasteiger partial charge in [-0.15, -0.1) is 13.2 Å². The summed E-state index contributed by atoms with van der Waals surface area (Å²) in [6.45, 7) is 1.25. The highest BCUT2D eigenvalue weighted by Crippen LogP contribution is 2.30. The lowest BCUT2D eigenvalue weighted by molar-refractivity contribution is -0.274. The molecule has 0 saturated carbocycles. The summed E-state index contributed by atoms with van der Waals surface area (Å²) in [6.07, 6.45) is -4.98. The minimum atomic E-state index is -4.98. The van der Waals surface area contributed by atoms with Crippen LogP contribution in [0.25, 0.3) is 0 Å². The van der Waals surface area contributed by atoms with E-state index in [9.17, 15) is 18.0 Å². The van der Waals surface area contributed by atoms with Gasteiger partial charge < -0.3 is 14.6 Å². The van der Waals surface area contributed by atoms with Gasteiger partial charge in [-0.1, -0.05) is 0 Å². The number of nitrogens with zero attached hydrogens (tertiary/aromatic N) is 1. The number of alkyl halides is 3. The number of aromatic carboxylic acids is 1. The van der Waals surface area contributed by atoms with Crippen LogP contribution < -0.4 is 9.47 Å². The second-order valence-corrected chi connectivity index (χ2v) is 2.98. The summed E-state index contributed by atoms with van der Waals surface area (Å²) in [7, 11) is 1.19. The Morgan fingerprint density at radius 2 is 2.06 bits per heavy atom. The number of aryl methyl sites for hydroxylation is 1. The molecule has 17 heavy (non-hydrogen) atoms. The fraction of sp³-hybridized carbons (Fsp3) is 0.333. The van der Waals surface area contributed by atoms with Gasteiger partial charge in [0.1, 0.15) is 5.56 Å². The Balaban J connectivity index is 3.32. The molecule has 5 nitrogen and oxygen atoms in total. The van der Waals surface area contributed by atoms with Crippen molar-refractivity contribution in [3.05, 3.63) is 17.3 Å². The lowest BCUT2D eigenvalue weighted by Crippen LogP contribution is -2.20. The van der Waals surface area contributed by atoms with Crippen molar-refractivity contribution < 1.29 is 32.5 Å². The number of ether oxygens (including phenoxy) is 2. The zero-order valence-electron chi connectivity index (χ0n) is 8.83. The van der Waals surface area contributed by atoms with E-state index in [0.717, 1.165) is 6.07 Å². The summed E-state index contributed by atoms with van der Waals surface area (Å²) in [6, 6.07) is 0.768. The first-order valence-corrected chi connectivity index (χ1v) is 4.29. The smallest absolute Gasteiger partial charge is 0.481 e. The molecule has 1 aromatic rings. The molecular weight excluding hydrogens is 243 g/mol. The molecule has 0 aromatic carbocycles. The van der Waals surface area contributed by atoms with Crippen LogP contribution in [0.3, 0.4) is 0 Å². The SMILES string of the molecule is COc1cc(OC(F)(F)F)c(C(=O)O)c(C)n1. The first kappa shape index (κ1) is 13.1. The highest BCUT2D eigenvalue weighted by molar-refractivity contribution is 5.92. The molecule has 8 heteroatoms. The number of halogens is 3. The molecular formula is C9H8F3NO4. The Kier molecular flexibility index (Phi) is 3.45. The van der Waals surface area contributed by atoms with Crippen molar-refractivity contribution in [2.24, 2.45) is 0 Å². The molecule has 0 aliphatic rings. The molecule has 1 rings (SSSR count). The monoisotopic (exact) mass is 251 g/mol. The number of carbonyl (C=O) groups is 1. The molecule has 0 unspecified atom stereocenters. The van der Waals surface area contributed by atoms with Crippen molar-refractivity contribution in [3.8, 4) is 11.6 Å². The van der Waals surface area contributed by atoms with E-state index in [4.69, 9.17) is 5.11 Å². The van der Waals surface area contributed by atoms with Crippen LogP contribution in [0.4, 0.5) is 13.2 Å². The maximum Gasteiger partial charge on any atom is 0.573 e. The fourth-order valence-electron chi connectivity index (χ4n) is 1.19. The Labute approximate surface area is 93.8 Å². The van der Waals surface area contributed by atoms with Crippen LogP contribution >= 0.6 is 0 Å². The zero-order valence-corrected chi connectivity index (χ0v) is 8.83. The van der Waals surface area contributed by atoms with E-state index < -0.39 is 23.6 Å². The first-order valence-electron chi connectivity index (χ1n) is 4.29. The Bertz CT molecular complexity index is 445.